The number of hydrogen-bond acceptors (Lipinski definition) is 4. The van der Waals surface area contributed by atoms with Gasteiger partial charge in [-0.2, -0.15) is 5.10 Å². The van der Waals surface area contributed by atoms with Crippen molar-refractivity contribution in [3.63, 3.8) is 0 Å². The Balaban J connectivity index is 2.60. The van der Waals surface area contributed by atoms with Gasteiger partial charge in [-0.05, 0) is 19.9 Å². The third-order valence-electron chi connectivity index (χ3n) is 1.61. The molecule has 14 heavy (non-hydrogen) atoms. The fraction of sp³-hybridized carbons (Fsp3) is 0.375. The first-order chi connectivity index (χ1) is 6.59. The Morgan fingerprint density at radius 2 is 2.00 bits per heavy atom. The second-order valence-corrected chi connectivity index (χ2v) is 3.69. The molecule has 0 unspecified atom stereocenters. The highest BCUT2D eigenvalue weighted by atomic mass is 35.5. The maximum absolute atomic E-state index is 5.43. The fourth-order valence-electron chi connectivity index (χ4n) is 0.751. The maximum Gasteiger partial charge on any atom is 0.243 e. The first-order valence-electron chi connectivity index (χ1n) is 4.02. The molecule has 0 fully saturated rings. The third-order valence-corrected chi connectivity index (χ3v) is 1.92. The highest BCUT2D eigenvalue weighted by Crippen LogP contribution is 2.06. The van der Waals surface area contributed by atoms with Gasteiger partial charge in [0.25, 0.3) is 0 Å². The minimum Gasteiger partial charge on any atom is -0.349 e. The number of rotatable bonds is 3. The molecule has 0 aromatic carbocycles. The second kappa shape index (κ2) is 5.12. The normalized spacial score (nSPS) is 9.71. The van der Waals surface area contributed by atoms with E-state index in [4.69, 9.17) is 23.2 Å². The summed E-state index contributed by atoms with van der Waals surface area (Å²) in [6, 6.07) is 0. The van der Waals surface area contributed by atoms with Crippen molar-refractivity contribution in [1.29, 1.82) is 0 Å². The molecule has 1 rings (SSSR count). The molecular weight excluding hydrogens is 223 g/mol. The van der Waals surface area contributed by atoms with E-state index in [2.05, 4.69) is 20.5 Å². The zero-order valence-electron chi connectivity index (χ0n) is 7.88. The lowest BCUT2D eigenvalue weighted by Crippen LogP contribution is -2.06. The van der Waals surface area contributed by atoms with Crippen LogP contribution in [0.4, 0.5) is 5.95 Å². The van der Waals surface area contributed by atoms with E-state index in [-0.39, 0.29) is 4.49 Å². The molecular formula is C8H10Cl2N4. The van der Waals surface area contributed by atoms with Crippen LogP contribution in [0.1, 0.15) is 11.4 Å². The van der Waals surface area contributed by atoms with Crippen LogP contribution in [0.2, 0.25) is 0 Å². The largest absolute Gasteiger partial charge is 0.349 e. The highest BCUT2D eigenvalue weighted by molar-refractivity contribution is 6.55. The summed E-state index contributed by atoms with van der Waals surface area (Å²) in [6.45, 7) is 4.21. The molecule has 0 aliphatic carbocycles. The van der Waals surface area contributed by atoms with E-state index >= 15 is 0 Å². The van der Waals surface area contributed by atoms with E-state index in [0.717, 1.165) is 11.4 Å². The molecule has 6 heteroatoms. The molecule has 1 aromatic rings. The Kier molecular flexibility index (Phi) is 4.10. The molecule has 0 spiro atoms. The van der Waals surface area contributed by atoms with Gasteiger partial charge in [0, 0.05) is 6.54 Å². The summed E-state index contributed by atoms with van der Waals surface area (Å²) in [5.41, 5.74) is 1.67. The molecule has 0 radical (unpaired) electrons. The Morgan fingerprint density at radius 3 is 2.57 bits per heavy atom. The van der Waals surface area contributed by atoms with E-state index in [1.807, 2.05) is 13.8 Å². The van der Waals surface area contributed by atoms with Gasteiger partial charge in [0.1, 0.15) is 4.49 Å². The van der Waals surface area contributed by atoms with Gasteiger partial charge in [-0.3, -0.25) is 0 Å². The predicted molar refractivity (Wildman–Crippen MR) is 57.6 cm³/mol. The van der Waals surface area contributed by atoms with Crippen molar-refractivity contribution in [2.45, 2.75) is 13.8 Å². The number of nitrogens with one attached hydrogen (secondary N) is 1. The van der Waals surface area contributed by atoms with E-state index in [0.29, 0.717) is 12.5 Å². The molecule has 0 saturated carbocycles. The van der Waals surface area contributed by atoms with Crippen LogP contribution in [0, 0.1) is 13.8 Å². The minimum absolute atomic E-state index is 0.217. The van der Waals surface area contributed by atoms with E-state index < -0.39 is 0 Å². The van der Waals surface area contributed by atoms with Crippen LogP contribution in [0.15, 0.2) is 10.6 Å². The summed E-state index contributed by atoms with van der Waals surface area (Å²) >= 11 is 10.9. The molecule has 0 bridgehead atoms. The summed E-state index contributed by atoms with van der Waals surface area (Å²) in [5.74, 6) is 0.471. The van der Waals surface area contributed by atoms with Crippen LogP contribution < -0.4 is 5.32 Å². The average molecular weight is 233 g/mol. The lowest BCUT2D eigenvalue weighted by atomic mass is 10.4. The van der Waals surface area contributed by atoms with E-state index in [1.165, 1.54) is 0 Å². The monoisotopic (exact) mass is 232 g/mol. The lowest BCUT2D eigenvalue weighted by Gasteiger charge is -2.02. The van der Waals surface area contributed by atoms with Gasteiger partial charge in [-0.15, -0.1) is 5.10 Å². The van der Waals surface area contributed by atoms with Crippen molar-refractivity contribution in [3.8, 4) is 0 Å². The summed E-state index contributed by atoms with van der Waals surface area (Å²) in [4.78, 5) is 4.17. The van der Waals surface area contributed by atoms with Gasteiger partial charge in [0.2, 0.25) is 5.95 Å². The first-order valence-corrected chi connectivity index (χ1v) is 4.78. The summed E-state index contributed by atoms with van der Waals surface area (Å²) in [7, 11) is 0. The molecule has 0 saturated heterocycles. The molecule has 4 nitrogen and oxygen atoms in total. The first kappa shape index (κ1) is 11.2. The molecule has 1 aromatic heterocycles. The van der Waals surface area contributed by atoms with Gasteiger partial charge in [0.15, 0.2) is 0 Å². The van der Waals surface area contributed by atoms with Gasteiger partial charge in [0.05, 0.1) is 11.4 Å². The molecule has 1 heterocycles. The van der Waals surface area contributed by atoms with Crippen molar-refractivity contribution in [1.82, 2.24) is 15.2 Å². The molecule has 0 atom stereocenters. The standard InChI is InChI=1S/C8H10Cl2N4/c1-5-6(2)13-14-8(12-5)11-4-3-7(9)10/h3H,4H2,1-2H3,(H,11,12,14). The zero-order chi connectivity index (χ0) is 10.6. The number of aromatic nitrogens is 3. The Hall–Kier alpha value is -0.870. The number of anilines is 1. The SMILES string of the molecule is Cc1nnc(NCC=C(Cl)Cl)nc1C. The van der Waals surface area contributed by atoms with Crippen LogP contribution >= 0.6 is 23.2 Å². The second-order valence-electron chi connectivity index (χ2n) is 2.68. The molecule has 76 valence electrons. The van der Waals surface area contributed by atoms with Crippen LogP contribution in [0.5, 0.6) is 0 Å². The topological polar surface area (TPSA) is 50.7 Å². The van der Waals surface area contributed by atoms with Crippen molar-refractivity contribution in [2.75, 3.05) is 11.9 Å². The number of aryl methyl sites for hydroxylation is 2. The van der Waals surface area contributed by atoms with Gasteiger partial charge < -0.3 is 5.32 Å². The smallest absolute Gasteiger partial charge is 0.243 e. The summed E-state index contributed by atoms with van der Waals surface area (Å²) in [6.07, 6.45) is 1.61. The summed E-state index contributed by atoms with van der Waals surface area (Å²) < 4.78 is 0.217. The number of nitrogens with zero attached hydrogens (tertiary/aromatic N) is 3. The average Bonchev–Trinajstić information content (AvgIpc) is 2.10. The maximum atomic E-state index is 5.43. The Bertz CT molecular complexity index is 347. The predicted octanol–water partition coefficient (Wildman–Crippen LogP) is 2.22. The molecule has 1 N–H and O–H groups in total. The molecule has 0 aliphatic rings. The van der Waals surface area contributed by atoms with Crippen LogP contribution in [0.25, 0.3) is 0 Å². The van der Waals surface area contributed by atoms with E-state index in [1.54, 1.807) is 6.08 Å². The van der Waals surface area contributed by atoms with Gasteiger partial charge in [-0.25, -0.2) is 4.98 Å². The van der Waals surface area contributed by atoms with Gasteiger partial charge in [-0.1, -0.05) is 23.2 Å². The third kappa shape index (κ3) is 3.47. The fourth-order valence-corrected chi connectivity index (χ4v) is 0.905. The number of halogens is 2. The minimum atomic E-state index is 0.217. The van der Waals surface area contributed by atoms with Crippen molar-refractivity contribution < 1.29 is 0 Å². The van der Waals surface area contributed by atoms with Crippen molar-refractivity contribution in [2.24, 2.45) is 0 Å². The number of hydrogen-bond donors (Lipinski definition) is 1. The highest BCUT2D eigenvalue weighted by Gasteiger charge is 1.99. The van der Waals surface area contributed by atoms with Crippen LogP contribution in [-0.4, -0.2) is 21.7 Å². The van der Waals surface area contributed by atoms with Crippen molar-refractivity contribution in [3.05, 3.63) is 22.0 Å². The van der Waals surface area contributed by atoms with E-state index in [9.17, 15) is 0 Å². The van der Waals surface area contributed by atoms with Crippen LogP contribution in [0.3, 0.4) is 0 Å². The van der Waals surface area contributed by atoms with Gasteiger partial charge >= 0.3 is 0 Å². The quantitative estimate of drug-likeness (QED) is 0.869. The molecule has 0 aliphatic heterocycles. The lowest BCUT2D eigenvalue weighted by molar-refractivity contribution is 0.895. The summed E-state index contributed by atoms with van der Waals surface area (Å²) in [5, 5.41) is 10.7. The van der Waals surface area contributed by atoms with Crippen LogP contribution in [-0.2, 0) is 0 Å². The van der Waals surface area contributed by atoms with Crippen molar-refractivity contribution >= 4 is 29.2 Å². The molecule has 0 amide bonds. The Morgan fingerprint density at radius 1 is 1.29 bits per heavy atom. The zero-order valence-corrected chi connectivity index (χ0v) is 9.39. The Labute approximate surface area is 92.4 Å².